The van der Waals surface area contributed by atoms with Gasteiger partial charge in [-0.3, -0.25) is 9.59 Å². The molecule has 1 aromatic carbocycles. The summed E-state index contributed by atoms with van der Waals surface area (Å²) in [6.07, 6.45) is 2.00. The lowest BCUT2D eigenvalue weighted by molar-refractivity contribution is -0.129. The Balaban J connectivity index is 1.94. The van der Waals surface area contributed by atoms with E-state index in [1.165, 1.54) is 0 Å². The zero-order valence-corrected chi connectivity index (χ0v) is 13.2. The highest BCUT2D eigenvalue weighted by atomic mass is 16.2. The highest BCUT2D eigenvalue weighted by Gasteiger charge is 2.29. The van der Waals surface area contributed by atoms with Crippen molar-refractivity contribution in [1.29, 1.82) is 0 Å². The molecule has 2 amide bonds. The molecule has 1 aliphatic carbocycles. The largest absolute Gasteiger partial charge is 0.349 e. The van der Waals surface area contributed by atoms with Crippen LogP contribution >= 0.6 is 0 Å². The van der Waals surface area contributed by atoms with Crippen LogP contribution in [0, 0.1) is 11.3 Å². The highest BCUT2D eigenvalue weighted by molar-refractivity contribution is 5.94. The minimum atomic E-state index is -0.396. The van der Waals surface area contributed by atoms with Gasteiger partial charge in [0.05, 0.1) is 6.04 Å². The van der Waals surface area contributed by atoms with Gasteiger partial charge in [-0.15, -0.1) is 0 Å². The molecule has 4 heteroatoms. The maximum absolute atomic E-state index is 12.0. The predicted octanol–water partition coefficient (Wildman–Crippen LogP) is 3.26. The summed E-state index contributed by atoms with van der Waals surface area (Å²) in [5.41, 5.74) is 1.44. The molecule has 0 aromatic heterocycles. The van der Waals surface area contributed by atoms with Crippen LogP contribution in [0.4, 0.5) is 5.69 Å². The van der Waals surface area contributed by atoms with Gasteiger partial charge in [-0.25, -0.2) is 0 Å². The van der Waals surface area contributed by atoms with E-state index in [1.807, 2.05) is 52.0 Å². The molecule has 21 heavy (non-hydrogen) atoms. The third-order valence-corrected chi connectivity index (χ3v) is 3.66. The molecular formula is C17H24N2O2. The highest BCUT2D eigenvalue weighted by Crippen LogP contribution is 2.30. The van der Waals surface area contributed by atoms with Crippen molar-refractivity contribution in [3.63, 3.8) is 0 Å². The number of carbonyl (C=O) groups excluding carboxylic acids is 2. The molecule has 4 nitrogen and oxygen atoms in total. The summed E-state index contributed by atoms with van der Waals surface area (Å²) in [6.45, 7) is 7.64. The van der Waals surface area contributed by atoms with Crippen molar-refractivity contribution in [2.75, 3.05) is 5.32 Å². The maximum atomic E-state index is 12.0. The molecule has 1 unspecified atom stereocenters. The zero-order chi connectivity index (χ0) is 15.6. The second-order valence-corrected chi connectivity index (χ2v) is 6.83. The van der Waals surface area contributed by atoms with E-state index in [2.05, 4.69) is 10.6 Å². The Kier molecular flexibility index (Phi) is 4.35. The predicted molar refractivity (Wildman–Crippen MR) is 83.8 cm³/mol. The van der Waals surface area contributed by atoms with Crippen LogP contribution in [0.3, 0.4) is 0 Å². The molecule has 1 fully saturated rings. The second kappa shape index (κ2) is 5.88. The van der Waals surface area contributed by atoms with Crippen molar-refractivity contribution in [3.8, 4) is 0 Å². The van der Waals surface area contributed by atoms with Gasteiger partial charge < -0.3 is 10.6 Å². The average molecular weight is 288 g/mol. The van der Waals surface area contributed by atoms with Crippen LogP contribution in [0.5, 0.6) is 0 Å². The van der Waals surface area contributed by atoms with Crippen LogP contribution in [-0.2, 0) is 9.59 Å². The zero-order valence-electron chi connectivity index (χ0n) is 13.2. The third-order valence-electron chi connectivity index (χ3n) is 3.66. The minimum absolute atomic E-state index is 0.0288. The van der Waals surface area contributed by atoms with Crippen molar-refractivity contribution >= 4 is 17.5 Å². The Labute approximate surface area is 126 Å². The Morgan fingerprint density at radius 1 is 1.14 bits per heavy atom. The fraction of sp³-hybridized carbons (Fsp3) is 0.529. The van der Waals surface area contributed by atoms with Gasteiger partial charge in [0.1, 0.15) is 0 Å². The fourth-order valence-corrected chi connectivity index (χ4v) is 1.94. The summed E-state index contributed by atoms with van der Waals surface area (Å²) >= 11 is 0. The van der Waals surface area contributed by atoms with E-state index in [1.54, 1.807) is 0 Å². The van der Waals surface area contributed by atoms with Gasteiger partial charge in [-0.05, 0) is 37.5 Å². The first-order chi connectivity index (χ1) is 9.77. The van der Waals surface area contributed by atoms with Crippen molar-refractivity contribution < 1.29 is 9.59 Å². The quantitative estimate of drug-likeness (QED) is 0.893. The van der Waals surface area contributed by atoms with Crippen molar-refractivity contribution in [2.45, 2.75) is 46.6 Å². The lowest BCUT2D eigenvalue weighted by atomic mass is 9.94. The topological polar surface area (TPSA) is 58.2 Å². The van der Waals surface area contributed by atoms with E-state index >= 15 is 0 Å². The molecule has 0 radical (unpaired) electrons. The second-order valence-electron chi connectivity index (χ2n) is 6.83. The van der Waals surface area contributed by atoms with Crippen LogP contribution in [-0.4, -0.2) is 11.8 Å². The lowest BCUT2D eigenvalue weighted by Gasteiger charge is -2.22. The van der Waals surface area contributed by atoms with Gasteiger partial charge in [-0.2, -0.15) is 0 Å². The van der Waals surface area contributed by atoms with Gasteiger partial charge in [-0.1, -0.05) is 32.9 Å². The molecule has 0 heterocycles. The monoisotopic (exact) mass is 288 g/mol. The molecule has 1 saturated carbocycles. The summed E-state index contributed by atoms with van der Waals surface area (Å²) in [5, 5.41) is 5.91. The summed E-state index contributed by atoms with van der Waals surface area (Å²) < 4.78 is 0. The van der Waals surface area contributed by atoms with Gasteiger partial charge in [0.15, 0.2) is 0 Å². The molecule has 2 rings (SSSR count). The van der Waals surface area contributed by atoms with Crippen LogP contribution in [0.2, 0.25) is 0 Å². The van der Waals surface area contributed by atoms with E-state index in [0.717, 1.165) is 24.1 Å². The summed E-state index contributed by atoms with van der Waals surface area (Å²) in [5.74, 6) is 0.340. The normalized spacial score (nSPS) is 16.2. The number of amides is 2. The van der Waals surface area contributed by atoms with E-state index in [4.69, 9.17) is 0 Å². The van der Waals surface area contributed by atoms with Gasteiger partial charge in [0.2, 0.25) is 11.8 Å². The van der Waals surface area contributed by atoms with Gasteiger partial charge in [0.25, 0.3) is 0 Å². The Morgan fingerprint density at radius 3 is 2.19 bits per heavy atom. The van der Waals surface area contributed by atoms with E-state index in [0.29, 0.717) is 0 Å². The Morgan fingerprint density at radius 2 is 1.71 bits per heavy atom. The maximum Gasteiger partial charge on any atom is 0.227 e. The van der Waals surface area contributed by atoms with Gasteiger partial charge >= 0.3 is 0 Å². The van der Waals surface area contributed by atoms with Crippen molar-refractivity contribution in [3.05, 3.63) is 29.8 Å². The van der Waals surface area contributed by atoms with Crippen molar-refractivity contribution in [1.82, 2.24) is 5.32 Å². The number of benzene rings is 1. The number of rotatable bonds is 4. The third kappa shape index (κ3) is 4.31. The number of carbonyl (C=O) groups is 2. The molecule has 1 aliphatic rings. The summed E-state index contributed by atoms with van der Waals surface area (Å²) in [7, 11) is 0. The van der Waals surface area contributed by atoms with E-state index in [-0.39, 0.29) is 23.8 Å². The first-order valence-electron chi connectivity index (χ1n) is 7.49. The standard InChI is InChI=1S/C17H24N2O2/c1-11(18-16(21)17(2,3)4)12-7-9-14(10-8-12)19-15(20)13-5-6-13/h7-11,13H,5-6H2,1-4H3,(H,18,21)(H,19,20). The minimum Gasteiger partial charge on any atom is -0.349 e. The number of hydrogen-bond acceptors (Lipinski definition) is 2. The van der Waals surface area contributed by atoms with Crippen LogP contribution in [0.1, 0.15) is 52.1 Å². The number of nitrogens with one attached hydrogen (secondary N) is 2. The van der Waals surface area contributed by atoms with Crippen molar-refractivity contribution in [2.24, 2.45) is 11.3 Å². The molecule has 114 valence electrons. The Hall–Kier alpha value is -1.84. The average Bonchev–Trinajstić information content (AvgIpc) is 3.22. The number of anilines is 1. The first kappa shape index (κ1) is 15.5. The molecule has 0 bridgehead atoms. The van der Waals surface area contributed by atoms with Gasteiger partial charge in [0, 0.05) is 17.0 Å². The summed E-state index contributed by atoms with van der Waals surface area (Å²) in [4.78, 5) is 23.7. The molecular weight excluding hydrogens is 264 g/mol. The molecule has 2 N–H and O–H groups in total. The SMILES string of the molecule is CC(NC(=O)C(C)(C)C)c1ccc(NC(=O)C2CC2)cc1. The Bertz CT molecular complexity index is 525. The lowest BCUT2D eigenvalue weighted by Crippen LogP contribution is -2.36. The molecule has 1 aromatic rings. The van der Waals surface area contributed by atoms with E-state index in [9.17, 15) is 9.59 Å². The van der Waals surface area contributed by atoms with Crippen LogP contribution in [0.25, 0.3) is 0 Å². The molecule has 1 atom stereocenters. The van der Waals surface area contributed by atoms with Crippen LogP contribution in [0.15, 0.2) is 24.3 Å². The first-order valence-corrected chi connectivity index (χ1v) is 7.49. The number of hydrogen-bond donors (Lipinski definition) is 2. The fourth-order valence-electron chi connectivity index (χ4n) is 1.94. The van der Waals surface area contributed by atoms with E-state index < -0.39 is 5.41 Å². The molecule has 0 saturated heterocycles. The molecule has 0 aliphatic heterocycles. The smallest absolute Gasteiger partial charge is 0.227 e. The van der Waals surface area contributed by atoms with Crippen LogP contribution < -0.4 is 10.6 Å². The molecule has 0 spiro atoms. The summed E-state index contributed by atoms with van der Waals surface area (Å²) in [6, 6.07) is 7.60.